The van der Waals surface area contributed by atoms with Crippen molar-refractivity contribution in [3.8, 4) is 5.75 Å². The number of hydrogen-bond donors (Lipinski definition) is 1. The second-order valence-electron chi connectivity index (χ2n) is 5.45. The van der Waals surface area contributed by atoms with E-state index < -0.39 is 5.60 Å². The van der Waals surface area contributed by atoms with E-state index in [2.05, 4.69) is 5.32 Å². The van der Waals surface area contributed by atoms with Crippen molar-refractivity contribution in [1.82, 2.24) is 5.32 Å². The van der Waals surface area contributed by atoms with Gasteiger partial charge in [-0.25, -0.2) is 0 Å². The number of nitrogens with one attached hydrogen (secondary N) is 1. The molecule has 0 saturated carbocycles. The lowest BCUT2D eigenvalue weighted by Crippen LogP contribution is -2.38. The minimum absolute atomic E-state index is 0.248. The third-order valence-corrected chi connectivity index (χ3v) is 2.55. The molecule has 1 N–H and O–H groups in total. The maximum Gasteiger partial charge on any atom is 0.323 e. The van der Waals surface area contributed by atoms with Crippen LogP contribution in [0.2, 0.25) is 0 Å². The van der Waals surface area contributed by atoms with Gasteiger partial charge in [-0.1, -0.05) is 18.2 Å². The molecule has 0 aliphatic heterocycles. The van der Waals surface area contributed by atoms with E-state index in [0.717, 1.165) is 11.3 Å². The lowest BCUT2D eigenvalue weighted by Gasteiger charge is -2.23. The summed E-state index contributed by atoms with van der Waals surface area (Å²) in [7, 11) is 1.64. The number of hydrogen-bond acceptors (Lipinski definition) is 4. The number of rotatable bonds is 5. The summed E-state index contributed by atoms with van der Waals surface area (Å²) in [6, 6.07) is 7.37. The molecule has 1 atom stereocenters. The summed E-state index contributed by atoms with van der Waals surface area (Å²) < 4.78 is 10.6. The van der Waals surface area contributed by atoms with Crippen LogP contribution in [-0.2, 0) is 16.1 Å². The largest absolute Gasteiger partial charge is 0.496 e. The van der Waals surface area contributed by atoms with E-state index in [-0.39, 0.29) is 12.0 Å². The fourth-order valence-corrected chi connectivity index (χ4v) is 1.59. The molecule has 0 heterocycles. The Kier molecular flexibility index (Phi) is 5.36. The Hall–Kier alpha value is -1.55. The van der Waals surface area contributed by atoms with Gasteiger partial charge in [-0.15, -0.1) is 0 Å². The van der Waals surface area contributed by atoms with Gasteiger partial charge in [0.15, 0.2) is 0 Å². The molecule has 1 unspecified atom stereocenters. The van der Waals surface area contributed by atoms with E-state index in [1.165, 1.54) is 0 Å². The molecule has 4 heteroatoms. The van der Waals surface area contributed by atoms with Crippen LogP contribution in [0.15, 0.2) is 24.3 Å². The molecule has 0 saturated heterocycles. The topological polar surface area (TPSA) is 47.6 Å². The van der Waals surface area contributed by atoms with Crippen molar-refractivity contribution in [2.24, 2.45) is 0 Å². The monoisotopic (exact) mass is 265 g/mol. The van der Waals surface area contributed by atoms with Gasteiger partial charge in [0, 0.05) is 12.1 Å². The van der Waals surface area contributed by atoms with E-state index in [4.69, 9.17) is 9.47 Å². The number of methoxy groups -OCH3 is 1. The Morgan fingerprint density at radius 3 is 2.53 bits per heavy atom. The summed E-state index contributed by atoms with van der Waals surface area (Å²) in [6.07, 6.45) is 0. The van der Waals surface area contributed by atoms with Crippen LogP contribution in [0, 0.1) is 0 Å². The second kappa shape index (κ2) is 6.57. The average Bonchev–Trinajstić information content (AvgIpc) is 2.34. The maximum absolute atomic E-state index is 11.8. The van der Waals surface area contributed by atoms with Crippen LogP contribution in [0.5, 0.6) is 5.75 Å². The minimum atomic E-state index is -0.461. The van der Waals surface area contributed by atoms with Crippen molar-refractivity contribution < 1.29 is 14.3 Å². The Labute approximate surface area is 115 Å². The molecule has 19 heavy (non-hydrogen) atoms. The zero-order chi connectivity index (χ0) is 14.5. The molecular formula is C15H23NO3. The van der Waals surface area contributed by atoms with Gasteiger partial charge >= 0.3 is 5.97 Å². The first kappa shape index (κ1) is 15.5. The summed E-state index contributed by atoms with van der Waals surface area (Å²) in [5, 5.41) is 3.14. The fourth-order valence-electron chi connectivity index (χ4n) is 1.59. The molecule has 0 aromatic heterocycles. The average molecular weight is 265 g/mol. The zero-order valence-electron chi connectivity index (χ0n) is 12.3. The molecule has 0 aliphatic rings. The SMILES string of the molecule is COc1ccccc1CNC(C)C(=O)OC(C)(C)C. The van der Waals surface area contributed by atoms with Crippen molar-refractivity contribution in [3.05, 3.63) is 29.8 Å². The van der Waals surface area contributed by atoms with Crippen molar-refractivity contribution in [2.75, 3.05) is 7.11 Å². The Bertz CT molecular complexity index is 424. The molecule has 106 valence electrons. The standard InChI is InChI=1S/C15H23NO3/c1-11(14(17)19-15(2,3)4)16-10-12-8-6-7-9-13(12)18-5/h6-9,11,16H,10H2,1-5H3. The summed E-state index contributed by atoms with van der Waals surface area (Å²) >= 11 is 0. The number of ether oxygens (including phenoxy) is 2. The van der Waals surface area contributed by atoms with Gasteiger partial charge in [0.1, 0.15) is 17.4 Å². The molecule has 0 radical (unpaired) electrons. The molecule has 0 amide bonds. The van der Waals surface area contributed by atoms with Crippen LogP contribution in [-0.4, -0.2) is 24.7 Å². The van der Waals surface area contributed by atoms with Gasteiger partial charge in [0.25, 0.3) is 0 Å². The summed E-state index contributed by atoms with van der Waals surface area (Å²) in [4.78, 5) is 11.8. The third kappa shape index (κ3) is 5.30. The van der Waals surface area contributed by atoms with Crippen LogP contribution in [0.3, 0.4) is 0 Å². The van der Waals surface area contributed by atoms with Gasteiger partial charge in [0.2, 0.25) is 0 Å². The normalized spacial score (nSPS) is 12.9. The highest BCUT2D eigenvalue weighted by atomic mass is 16.6. The van der Waals surface area contributed by atoms with Crippen LogP contribution in [0.4, 0.5) is 0 Å². The van der Waals surface area contributed by atoms with Crippen molar-refractivity contribution >= 4 is 5.97 Å². The molecule has 0 bridgehead atoms. The van der Waals surface area contributed by atoms with E-state index in [1.54, 1.807) is 14.0 Å². The minimum Gasteiger partial charge on any atom is -0.496 e. The Morgan fingerprint density at radius 1 is 1.32 bits per heavy atom. The van der Waals surface area contributed by atoms with E-state index in [9.17, 15) is 4.79 Å². The molecule has 4 nitrogen and oxygen atoms in total. The first-order valence-corrected chi connectivity index (χ1v) is 6.41. The highest BCUT2D eigenvalue weighted by Crippen LogP contribution is 2.17. The zero-order valence-corrected chi connectivity index (χ0v) is 12.3. The summed E-state index contributed by atoms with van der Waals surface area (Å²) in [6.45, 7) is 7.93. The third-order valence-electron chi connectivity index (χ3n) is 2.55. The first-order valence-electron chi connectivity index (χ1n) is 6.41. The molecule has 1 rings (SSSR count). The Morgan fingerprint density at radius 2 is 1.95 bits per heavy atom. The number of para-hydroxylation sites is 1. The highest BCUT2D eigenvalue weighted by molar-refractivity contribution is 5.75. The molecule has 1 aromatic rings. The van der Waals surface area contributed by atoms with Gasteiger partial charge in [-0.05, 0) is 33.8 Å². The fraction of sp³-hybridized carbons (Fsp3) is 0.533. The molecule has 0 aliphatic carbocycles. The maximum atomic E-state index is 11.8. The summed E-state index contributed by atoms with van der Waals surface area (Å²) in [5.74, 6) is 0.564. The van der Waals surface area contributed by atoms with Gasteiger partial charge in [0.05, 0.1) is 7.11 Å². The van der Waals surface area contributed by atoms with Gasteiger partial charge in [-0.2, -0.15) is 0 Å². The first-order chi connectivity index (χ1) is 8.83. The van der Waals surface area contributed by atoms with Crippen LogP contribution in [0.25, 0.3) is 0 Å². The second-order valence-corrected chi connectivity index (χ2v) is 5.45. The molecular weight excluding hydrogens is 242 g/mol. The Balaban J connectivity index is 2.54. The van der Waals surface area contributed by atoms with Crippen molar-refractivity contribution in [1.29, 1.82) is 0 Å². The number of esters is 1. The number of benzene rings is 1. The predicted octanol–water partition coefficient (Wildman–Crippen LogP) is 2.52. The lowest BCUT2D eigenvalue weighted by atomic mass is 10.1. The van der Waals surface area contributed by atoms with Gasteiger partial charge < -0.3 is 14.8 Å². The van der Waals surface area contributed by atoms with Crippen LogP contribution in [0.1, 0.15) is 33.3 Å². The summed E-state index contributed by atoms with van der Waals surface area (Å²) in [5.41, 5.74) is 0.553. The number of carbonyl (C=O) groups is 1. The lowest BCUT2D eigenvalue weighted by molar-refractivity contribution is -0.157. The molecule has 0 fully saturated rings. The van der Waals surface area contributed by atoms with E-state index in [0.29, 0.717) is 6.54 Å². The highest BCUT2D eigenvalue weighted by Gasteiger charge is 2.21. The van der Waals surface area contributed by atoms with Crippen molar-refractivity contribution in [3.63, 3.8) is 0 Å². The smallest absolute Gasteiger partial charge is 0.323 e. The number of carbonyl (C=O) groups excluding carboxylic acids is 1. The van der Waals surface area contributed by atoms with Crippen LogP contribution >= 0.6 is 0 Å². The quantitative estimate of drug-likeness (QED) is 0.831. The van der Waals surface area contributed by atoms with E-state index >= 15 is 0 Å². The van der Waals surface area contributed by atoms with Crippen LogP contribution < -0.4 is 10.1 Å². The molecule has 0 spiro atoms. The molecule has 1 aromatic carbocycles. The van der Waals surface area contributed by atoms with E-state index in [1.807, 2.05) is 45.0 Å². The van der Waals surface area contributed by atoms with Gasteiger partial charge in [-0.3, -0.25) is 4.79 Å². The predicted molar refractivity (Wildman–Crippen MR) is 75.1 cm³/mol. The van der Waals surface area contributed by atoms with Crippen molar-refractivity contribution in [2.45, 2.75) is 45.9 Å².